The van der Waals surface area contributed by atoms with Gasteiger partial charge in [0.25, 0.3) is 0 Å². The molecular formula is C22H23BrF3NO4S2Si. The zero-order valence-electron chi connectivity index (χ0n) is 18.8. The summed E-state index contributed by atoms with van der Waals surface area (Å²) in [5.41, 5.74) is -4.06. The number of alkyl halides is 3. The largest absolute Gasteiger partial charge is 0.534 e. The van der Waals surface area contributed by atoms with Crippen LogP contribution in [0, 0.1) is 0 Å². The zero-order chi connectivity index (χ0) is 25.5. The predicted octanol–water partition coefficient (Wildman–Crippen LogP) is 6.55. The summed E-state index contributed by atoms with van der Waals surface area (Å²) >= 11 is 4.80. The van der Waals surface area contributed by atoms with Crippen molar-refractivity contribution in [1.29, 1.82) is 0 Å². The van der Waals surface area contributed by atoms with Crippen LogP contribution in [0.25, 0.3) is 10.9 Å². The fourth-order valence-corrected chi connectivity index (χ4v) is 7.33. The number of halogens is 4. The lowest BCUT2D eigenvalue weighted by atomic mass is 10.2. The molecule has 0 fully saturated rings. The maximum Gasteiger partial charge on any atom is 0.534 e. The molecule has 1 heterocycles. The number of ether oxygens (including phenoxy) is 1. The van der Waals surface area contributed by atoms with Gasteiger partial charge in [0.1, 0.15) is 11.5 Å². The predicted molar refractivity (Wildman–Crippen MR) is 136 cm³/mol. The SMILES string of the molecule is C=C(Br)Cc1[nH]c2ccc(OS(=O)(=O)C(F)(F)F)c([Si](C)(C)C)c2c1Sc1ccc(OC)cc1. The van der Waals surface area contributed by atoms with Gasteiger partial charge in [-0.1, -0.05) is 53.9 Å². The molecule has 0 aliphatic heterocycles. The first-order chi connectivity index (χ1) is 15.6. The van der Waals surface area contributed by atoms with Crippen molar-refractivity contribution < 1.29 is 30.5 Å². The summed E-state index contributed by atoms with van der Waals surface area (Å²) in [6.07, 6.45) is 0.440. The average molecular weight is 595 g/mol. The normalized spacial score (nSPS) is 12.7. The fourth-order valence-electron chi connectivity index (χ4n) is 3.46. The molecule has 0 bridgehead atoms. The van der Waals surface area contributed by atoms with E-state index in [0.29, 0.717) is 32.7 Å². The number of aromatic amines is 1. The third kappa shape index (κ3) is 5.66. The lowest BCUT2D eigenvalue weighted by molar-refractivity contribution is -0.0499. The number of H-pyrrole nitrogens is 1. The Hall–Kier alpha value is -1.89. The molecule has 0 saturated carbocycles. The number of hydrogen-bond acceptors (Lipinski definition) is 5. The molecule has 184 valence electrons. The van der Waals surface area contributed by atoms with Crippen molar-refractivity contribution in [3.8, 4) is 11.5 Å². The Morgan fingerprint density at radius 3 is 2.26 bits per heavy atom. The average Bonchev–Trinajstić information content (AvgIpc) is 3.02. The van der Waals surface area contributed by atoms with Gasteiger partial charge in [-0.2, -0.15) is 21.6 Å². The maximum atomic E-state index is 13.1. The highest BCUT2D eigenvalue weighted by atomic mass is 79.9. The smallest absolute Gasteiger partial charge is 0.497 e. The topological polar surface area (TPSA) is 68.4 Å². The van der Waals surface area contributed by atoms with Gasteiger partial charge in [-0.3, -0.25) is 0 Å². The molecule has 1 N–H and O–H groups in total. The molecule has 1 aromatic heterocycles. The monoisotopic (exact) mass is 593 g/mol. The number of rotatable bonds is 8. The second-order valence-electron chi connectivity index (χ2n) is 8.50. The summed E-state index contributed by atoms with van der Waals surface area (Å²) in [5, 5.41) is 1.13. The van der Waals surface area contributed by atoms with E-state index in [2.05, 4.69) is 31.7 Å². The first-order valence-corrected chi connectivity index (χ1v) is 16.5. The van der Waals surface area contributed by atoms with Gasteiger partial charge < -0.3 is 13.9 Å². The third-order valence-corrected chi connectivity index (χ3v) is 9.24. The summed E-state index contributed by atoms with van der Waals surface area (Å²) in [4.78, 5) is 4.98. The van der Waals surface area contributed by atoms with E-state index in [1.807, 2.05) is 43.9 Å². The van der Waals surface area contributed by atoms with Crippen LogP contribution in [0.1, 0.15) is 5.69 Å². The van der Waals surface area contributed by atoms with Crippen molar-refractivity contribution in [2.75, 3.05) is 7.11 Å². The van der Waals surface area contributed by atoms with Crippen LogP contribution in [0.3, 0.4) is 0 Å². The summed E-state index contributed by atoms with van der Waals surface area (Å²) in [6.45, 7) is 9.68. The molecule has 12 heteroatoms. The molecule has 0 saturated heterocycles. The van der Waals surface area contributed by atoms with Crippen molar-refractivity contribution >= 4 is 62.0 Å². The number of allylic oxidation sites excluding steroid dienone is 1. The lowest BCUT2D eigenvalue weighted by Crippen LogP contribution is -2.41. The minimum atomic E-state index is -5.82. The second kappa shape index (κ2) is 9.63. The highest BCUT2D eigenvalue weighted by Crippen LogP contribution is 2.40. The highest BCUT2D eigenvalue weighted by Gasteiger charge is 2.49. The maximum absolute atomic E-state index is 13.1. The van der Waals surface area contributed by atoms with Gasteiger partial charge in [-0.15, -0.1) is 0 Å². The van der Waals surface area contributed by atoms with Gasteiger partial charge in [0, 0.05) is 32.8 Å². The van der Waals surface area contributed by atoms with E-state index < -0.39 is 23.7 Å². The molecule has 0 aliphatic rings. The van der Waals surface area contributed by atoms with Gasteiger partial charge in [0.2, 0.25) is 0 Å². The van der Waals surface area contributed by atoms with Gasteiger partial charge in [-0.05, 0) is 46.1 Å². The molecule has 3 rings (SSSR count). The number of fused-ring (bicyclic) bond motifs is 1. The Labute approximate surface area is 210 Å². The molecule has 0 unspecified atom stereocenters. The highest BCUT2D eigenvalue weighted by molar-refractivity contribution is 9.11. The fraction of sp³-hybridized carbons (Fsp3) is 0.273. The van der Waals surface area contributed by atoms with E-state index in [1.165, 1.54) is 17.8 Å². The van der Waals surface area contributed by atoms with Crippen LogP contribution in [-0.2, 0) is 16.5 Å². The molecule has 5 nitrogen and oxygen atoms in total. The van der Waals surface area contributed by atoms with Crippen LogP contribution >= 0.6 is 27.7 Å². The van der Waals surface area contributed by atoms with E-state index >= 15 is 0 Å². The second-order valence-corrected chi connectivity index (χ2v) is 17.2. The number of hydrogen-bond donors (Lipinski definition) is 1. The Balaban J connectivity index is 2.29. The van der Waals surface area contributed by atoms with Crippen LogP contribution < -0.4 is 14.1 Å². The first kappa shape index (κ1) is 26.7. The van der Waals surface area contributed by atoms with Crippen LogP contribution in [0.4, 0.5) is 13.2 Å². The quantitative estimate of drug-likeness (QED) is 0.182. The number of benzene rings is 2. The molecule has 2 aromatic carbocycles. The van der Waals surface area contributed by atoms with Crippen LogP contribution in [0.15, 0.2) is 57.3 Å². The number of methoxy groups -OCH3 is 1. The Bertz CT molecular complexity index is 1330. The molecule has 0 spiro atoms. The van der Waals surface area contributed by atoms with Crippen LogP contribution in [-0.4, -0.2) is 34.1 Å². The Kier molecular flexibility index (Phi) is 7.57. The van der Waals surface area contributed by atoms with E-state index in [9.17, 15) is 21.6 Å². The molecule has 0 atom stereocenters. The van der Waals surface area contributed by atoms with E-state index in [-0.39, 0.29) is 5.75 Å². The van der Waals surface area contributed by atoms with E-state index in [1.54, 1.807) is 13.2 Å². The standard InChI is InChI=1S/C22H23BrF3NO4S2Si/c1-13(23)12-17-20(32-15-8-6-14(30-2)7-9-15)19-16(27-17)10-11-18(21(19)34(3,4)5)31-33(28,29)22(24,25)26/h6-11,27H,1,12H2,2-5H3. The molecule has 0 amide bonds. The van der Waals surface area contributed by atoms with Gasteiger partial charge in [0.15, 0.2) is 0 Å². The summed E-state index contributed by atoms with van der Waals surface area (Å²) in [5.74, 6) is 0.386. The minimum absolute atomic E-state index is 0.302. The summed E-state index contributed by atoms with van der Waals surface area (Å²) in [6, 6.07) is 10.2. The molecular weight excluding hydrogens is 571 g/mol. The van der Waals surface area contributed by atoms with Crippen LogP contribution in [0.2, 0.25) is 19.6 Å². The Morgan fingerprint density at radius 1 is 1.15 bits per heavy atom. The van der Waals surface area contributed by atoms with Gasteiger partial charge in [-0.25, -0.2) is 0 Å². The van der Waals surface area contributed by atoms with E-state index in [4.69, 9.17) is 4.74 Å². The minimum Gasteiger partial charge on any atom is -0.497 e. The Morgan fingerprint density at radius 2 is 1.76 bits per heavy atom. The summed E-state index contributed by atoms with van der Waals surface area (Å²) < 4.78 is 73.6. The van der Waals surface area contributed by atoms with Crippen molar-refractivity contribution in [2.45, 2.75) is 41.4 Å². The molecule has 3 aromatic rings. The zero-order valence-corrected chi connectivity index (χ0v) is 23.1. The molecule has 34 heavy (non-hydrogen) atoms. The molecule has 0 aliphatic carbocycles. The van der Waals surface area contributed by atoms with E-state index in [0.717, 1.165) is 15.5 Å². The van der Waals surface area contributed by atoms with Gasteiger partial charge in [0.05, 0.1) is 15.2 Å². The number of nitrogens with one attached hydrogen (secondary N) is 1. The first-order valence-electron chi connectivity index (χ1n) is 9.98. The summed E-state index contributed by atoms with van der Waals surface area (Å²) in [7, 11) is -6.69. The van der Waals surface area contributed by atoms with Gasteiger partial charge >= 0.3 is 15.6 Å². The van der Waals surface area contributed by atoms with Crippen molar-refractivity contribution in [3.05, 3.63) is 53.2 Å². The number of aromatic nitrogens is 1. The van der Waals surface area contributed by atoms with Crippen molar-refractivity contribution in [1.82, 2.24) is 4.98 Å². The van der Waals surface area contributed by atoms with Crippen LogP contribution in [0.5, 0.6) is 11.5 Å². The molecule has 0 radical (unpaired) electrons. The van der Waals surface area contributed by atoms with Crippen molar-refractivity contribution in [2.24, 2.45) is 0 Å². The third-order valence-electron chi connectivity index (χ3n) is 4.83. The van der Waals surface area contributed by atoms with Crippen molar-refractivity contribution in [3.63, 3.8) is 0 Å². The lowest BCUT2D eigenvalue weighted by Gasteiger charge is -2.23.